The van der Waals surface area contributed by atoms with Crippen molar-refractivity contribution in [2.75, 3.05) is 6.61 Å². The number of ketones is 1. The summed E-state index contributed by atoms with van der Waals surface area (Å²) in [6.07, 6.45) is 10.5. The first-order valence-electron chi connectivity index (χ1n) is 8.34. The van der Waals surface area contributed by atoms with Gasteiger partial charge in [0.25, 0.3) is 0 Å². The zero-order chi connectivity index (χ0) is 14.9. The van der Waals surface area contributed by atoms with E-state index >= 15 is 0 Å². The number of hydrogen-bond acceptors (Lipinski definition) is 3. The van der Waals surface area contributed by atoms with Gasteiger partial charge in [0.15, 0.2) is 5.78 Å². The van der Waals surface area contributed by atoms with Crippen LogP contribution in [0.4, 0.5) is 0 Å². The van der Waals surface area contributed by atoms with Gasteiger partial charge in [-0.05, 0) is 32.1 Å². The summed E-state index contributed by atoms with van der Waals surface area (Å²) in [4.78, 5) is 12.9. The molecule has 2 heterocycles. The molecule has 0 bridgehead atoms. The number of ether oxygens (including phenoxy) is 1. The Labute approximate surface area is 126 Å². The van der Waals surface area contributed by atoms with Crippen molar-refractivity contribution in [3.63, 3.8) is 0 Å². The van der Waals surface area contributed by atoms with Gasteiger partial charge in [-0.15, -0.1) is 0 Å². The van der Waals surface area contributed by atoms with Crippen LogP contribution in [0, 0.1) is 5.92 Å². The zero-order valence-corrected chi connectivity index (χ0v) is 13.2. The maximum absolute atomic E-state index is 12.9. The SMILES string of the molecule is CCc1nn(C)cc1C(=O)C1CCOC2(CCCCC2)C1. The highest BCUT2D eigenvalue weighted by Gasteiger charge is 2.41. The first kappa shape index (κ1) is 14.8. The first-order chi connectivity index (χ1) is 10.1. The van der Waals surface area contributed by atoms with Crippen molar-refractivity contribution in [3.8, 4) is 0 Å². The molecule has 1 unspecified atom stereocenters. The highest BCUT2D eigenvalue weighted by molar-refractivity contribution is 5.98. The Balaban J connectivity index is 1.77. The van der Waals surface area contributed by atoms with Gasteiger partial charge in [0, 0.05) is 25.8 Å². The largest absolute Gasteiger partial charge is 0.375 e. The highest BCUT2D eigenvalue weighted by Crippen LogP contribution is 2.41. The molecule has 1 aliphatic carbocycles. The lowest BCUT2D eigenvalue weighted by Gasteiger charge is -2.43. The van der Waals surface area contributed by atoms with Crippen LogP contribution in [0.1, 0.15) is 67.9 Å². The number of hydrogen-bond donors (Lipinski definition) is 0. The number of carbonyl (C=O) groups excluding carboxylic acids is 1. The van der Waals surface area contributed by atoms with Gasteiger partial charge in [0.05, 0.1) is 16.9 Å². The average Bonchev–Trinajstić information content (AvgIpc) is 2.88. The molecule has 21 heavy (non-hydrogen) atoms. The van der Waals surface area contributed by atoms with E-state index < -0.39 is 0 Å². The third-order valence-electron chi connectivity index (χ3n) is 5.13. The van der Waals surface area contributed by atoms with Crippen LogP contribution in [0.3, 0.4) is 0 Å². The van der Waals surface area contributed by atoms with Crippen LogP contribution < -0.4 is 0 Å². The Morgan fingerprint density at radius 3 is 2.90 bits per heavy atom. The van der Waals surface area contributed by atoms with E-state index in [1.54, 1.807) is 4.68 Å². The van der Waals surface area contributed by atoms with Crippen molar-refractivity contribution < 1.29 is 9.53 Å². The van der Waals surface area contributed by atoms with Gasteiger partial charge in [-0.3, -0.25) is 9.48 Å². The van der Waals surface area contributed by atoms with Crippen molar-refractivity contribution in [3.05, 3.63) is 17.5 Å². The van der Waals surface area contributed by atoms with Crippen LogP contribution >= 0.6 is 0 Å². The summed E-state index contributed by atoms with van der Waals surface area (Å²) in [6.45, 7) is 2.80. The summed E-state index contributed by atoms with van der Waals surface area (Å²) in [5.74, 6) is 0.402. The van der Waals surface area contributed by atoms with Crippen molar-refractivity contribution in [2.24, 2.45) is 13.0 Å². The van der Waals surface area contributed by atoms with Gasteiger partial charge in [-0.1, -0.05) is 26.2 Å². The van der Waals surface area contributed by atoms with Crippen molar-refractivity contribution in [2.45, 2.75) is 63.9 Å². The van der Waals surface area contributed by atoms with Crippen LogP contribution in [-0.2, 0) is 18.2 Å². The molecule has 4 heteroatoms. The number of Topliss-reactive ketones (excluding diaryl/α,β-unsaturated/α-hetero) is 1. The van der Waals surface area contributed by atoms with Crippen molar-refractivity contribution in [1.82, 2.24) is 9.78 Å². The molecular weight excluding hydrogens is 264 g/mol. The molecule has 1 aromatic heterocycles. The molecule has 1 saturated heterocycles. The number of aromatic nitrogens is 2. The van der Waals surface area contributed by atoms with Crippen molar-refractivity contribution in [1.29, 1.82) is 0 Å². The predicted octanol–water partition coefficient (Wildman–Crippen LogP) is 3.29. The maximum atomic E-state index is 12.9. The second kappa shape index (κ2) is 5.91. The smallest absolute Gasteiger partial charge is 0.169 e. The van der Waals surface area contributed by atoms with E-state index in [0.717, 1.165) is 50.0 Å². The van der Waals surface area contributed by atoms with E-state index in [1.165, 1.54) is 19.3 Å². The van der Waals surface area contributed by atoms with E-state index in [-0.39, 0.29) is 17.3 Å². The highest BCUT2D eigenvalue weighted by atomic mass is 16.5. The first-order valence-corrected chi connectivity index (χ1v) is 8.34. The Morgan fingerprint density at radius 2 is 2.19 bits per heavy atom. The van der Waals surface area contributed by atoms with E-state index in [0.29, 0.717) is 0 Å². The lowest BCUT2D eigenvalue weighted by atomic mass is 9.74. The molecule has 4 nitrogen and oxygen atoms in total. The van der Waals surface area contributed by atoms with E-state index in [4.69, 9.17) is 4.74 Å². The molecule has 1 saturated carbocycles. The monoisotopic (exact) mass is 290 g/mol. The molecule has 1 spiro atoms. The second-order valence-corrected chi connectivity index (χ2v) is 6.66. The molecule has 2 fully saturated rings. The fourth-order valence-electron chi connectivity index (χ4n) is 4.02. The van der Waals surface area contributed by atoms with Crippen LogP contribution in [0.5, 0.6) is 0 Å². The van der Waals surface area contributed by atoms with Gasteiger partial charge < -0.3 is 4.74 Å². The van der Waals surface area contributed by atoms with Crippen LogP contribution in [0.25, 0.3) is 0 Å². The molecule has 1 atom stereocenters. The third kappa shape index (κ3) is 2.91. The van der Waals surface area contributed by atoms with Crippen molar-refractivity contribution >= 4 is 5.78 Å². The molecule has 0 N–H and O–H groups in total. The molecule has 0 amide bonds. The second-order valence-electron chi connectivity index (χ2n) is 6.66. The zero-order valence-electron chi connectivity index (χ0n) is 13.2. The summed E-state index contributed by atoms with van der Waals surface area (Å²) in [5.41, 5.74) is 1.76. The minimum atomic E-state index is -0.00852. The molecule has 116 valence electrons. The molecule has 0 aromatic carbocycles. The van der Waals surface area contributed by atoms with Crippen LogP contribution in [0.15, 0.2) is 6.20 Å². The lowest BCUT2D eigenvalue weighted by Crippen LogP contribution is -2.43. The molecular formula is C17H26N2O2. The Morgan fingerprint density at radius 1 is 1.43 bits per heavy atom. The quantitative estimate of drug-likeness (QED) is 0.802. The van der Waals surface area contributed by atoms with E-state index in [2.05, 4.69) is 12.0 Å². The fraction of sp³-hybridized carbons (Fsp3) is 0.765. The van der Waals surface area contributed by atoms with Crippen LogP contribution in [-0.4, -0.2) is 27.8 Å². The number of rotatable bonds is 3. The average molecular weight is 290 g/mol. The van der Waals surface area contributed by atoms with Gasteiger partial charge >= 0.3 is 0 Å². The Hall–Kier alpha value is -1.16. The van der Waals surface area contributed by atoms with Crippen LogP contribution in [0.2, 0.25) is 0 Å². The molecule has 1 aliphatic heterocycles. The molecule has 1 aromatic rings. The van der Waals surface area contributed by atoms with Gasteiger partial charge in [-0.25, -0.2) is 0 Å². The topological polar surface area (TPSA) is 44.1 Å². The van der Waals surface area contributed by atoms with Gasteiger partial charge in [0.2, 0.25) is 0 Å². The van der Waals surface area contributed by atoms with Gasteiger partial charge in [0.1, 0.15) is 0 Å². The lowest BCUT2D eigenvalue weighted by molar-refractivity contribution is -0.111. The summed E-state index contributed by atoms with van der Waals surface area (Å²) < 4.78 is 7.88. The van der Waals surface area contributed by atoms with Gasteiger partial charge in [-0.2, -0.15) is 5.10 Å². The summed E-state index contributed by atoms with van der Waals surface area (Å²) in [7, 11) is 1.89. The Kier molecular flexibility index (Phi) is 4.16. The summed E-state index contributed by atoms with van der Waals surface area (Å²) in [6, 6.07) is 0. The number of aryl methyl sites for hydroxylation is 2. The summed E-state index contributed by atoms with van der Waals surface area (Å²) in [5, 5.41) is 4.41. The predicted molar refractivity (Wildman–Crippen MR) is 81.4 cm³/mol. The van der Waals surface area contributed by atoms with E-state index in [9.17, 15) is 4.79 Å². The standard InChI is InChI=1S/C17H26N2O2/c1-3-15-14(12-19(2)18-15)16(20)13-7-10-21-17(11-13)8-5-4-6-9-17/h12-13H,3-11H2,1-2H3. The number of nitrogens with zero attached hydrogens (tertiary/aromatic N) is 2. The molecule has 3 rings (SSSR count). The third-order valence-corrected chi connectivity index (χ3v) is 5.13. The number of carbonyl (C=O) groups is 1. The van der Waals surface area contributed by atoms with E-state index in [1.807, 2.05) is 13.2 Å². The normalized spacial score (nSPS) is 25.1. The maximum Gasteiger partial charge on any atom is 0.169 e. The molecule has 0 radical (unpaired) electrons. The summed E-state index contributed by atoms with van der Waals surface area (Å²) >= 11 is 0. The minimum absolute atomic E-state index is 0.00852. The molecule has 2 aliphatic rings. The Bertz CT molecular complexity index is 509. The fourth-order valence-corrected chi connectivity index (χ4v) is 4.02. The minimum Gasteiger partial charge on any atom is -0.375 e.